The van der Waals surface area contributed by atoms with Crippen LogP contribution in [0.15, 0.2) is 18.2 Å². The monoisotopic (exact) mass is 284 g/mol. The number of carbonyl (C=O) groups excluding carboxylic acids is 2. The number of nitrogens with one attached hydrogen (secondary N) is 2. The lowest BCUT2D eigenvalue weighted by Gasteiger charge is -2.08. The molecule has 0 heterocycles. The fourth-order valence-corrected chi connectivity index (χ4v) is 1.51. The summed E-state index contributed by atoms with van der Waals surface area (Å²) in [7, 11) is 0. The van der Waals surface area contributed by atoms with E-state index in [0.29, 0.717) is 17.1 Å². The topological polar surface area (TPSA) is 78.4 Å². The predicted octanol–water partition coefficient (Wildman–Crippen LogP) is 1.47. The molecular weight excluding hydrogens is 268 g/mol. The van der Waals surface area contributed by atoms with Crippen molar-refractivity contribution in [3.05, 3.63) is 28.8 Å². The van der Waals surface area contributed by atoms with Crippen LogP contribution in [0, 0.1) is 6.92 Å². The summed E-state index contributed by atoms with van der Waals surface area (Å²) in [4.78, 5) is 23.0. The maximum absolute atomic E-state index is 11.6. The molecule has 2 amide bonds. The maximum atomic E-state index is 11.6. The standard InChI is InChI=1S/C13H17ClN2O3/c1-8-3-4-10(7-11(8)14)16-13(19)12(18)15-6-5-9(2)17/h3-4,7,9,17H,5-6H2,1-2H3,(H,15,18)(H,16,19). The smallest absolute Gasteiger partial charge is 0.313 e. The summed E-state index contributed by atoms with van der Waals surface area (Å²) in [5, 5.41) is 14.4. The van der Waals surface area contributed by atoms with Gasteiger partial charge in [-0.05, 0) is 38.0 Å². The summed E-state index contributed by atoms with van der Waals surface area (Å²) in [6.45, 7) is 3.70. The highest BCUT2D eigenvalue weighted by Gasteiger charge is 2.13. The molecular formula is C13H17ClN2O3. The molecule has 1 aromatic carbocycles. The second-order valence-electron chi connectivity index (χ2n) is 4.31. The zero-order valence-electron chi connectivity index (χ0n) is 10.9. The Hall–Kier alpha value is -1.59. The Morgan fingerprint density at radius 2 is 2.05 bits per heavy atom. The van der Waals surface area contributed by atoms with Crippen LogP contribution in [0.4, 0.5) is 5.69 Å². The molecule has 1 aromatic rings. The summed E-state index contributed by atoms with van der Waals surface area (Å²) < 4.78 is 0. The summed E-state index contributed by atoms with van der Waals surface area (Å²) in [5.74, 6) is -1.50. The maximum Gasteiger partial charge on any atom is 0.313 e. The average Bonchev–Trinajstić information content (AvgIpc) is 2.33. The van der Waals surface area contributed by atoms with Crippen molar-refractivity contribution in [1.82, 2.24) is 5.32 Å². The first-order valence-electron chi connectivity index (χ1n) is 5.93. The molecule has 19 heavy (non-hydrogen) atoms. The molecule has 0 aliphatic rings. The molecule has 0 aliphatic carbocycles. The second kappa shape index (κ2) is 7.11. The van der Waals surface area contributed by atoms with Gasteiger partial charge in [-0.3, -0.25) is 9.59 Å². The molecule has 0 radical (unpaired) electrons. The Bertz CT molecular complexity index is 475. The molecule has 1 atom stereocenters. The highest BCUT2D eigenvalue weighted by Crippen LogP contribution is 2.19. The molecule has 0 spiro atoms. The van der Waals surface area contributed by atoms with Gasteiger partial charge in [-0.2, -0.15) is 0 Å². The van der Waals surface area contributed by atoms with Crippen LogP contribution in [0.2, 0.25) is 5.02 Å². The van der Waals surface area contributed by atoms with Gasteiger partial charge in [0.2, 0.25) is 0 Å². The van der Waals surface area contributed by atoms with Crippen molar-refractivity contribution in [1.29, 1.82) is 0 Å². The molecule has 104 valence electrons. The minimum absolute atomic E-state index is 0.249. The van der Waals surface area contributed by atoms with Crippen LogP contribution in [-0.4, -0.2) is 29.6 Å². The number of aliphatic hydroxyl groups excluding tert-OH is 1. The first kappa shape index (κ1) is 15.5. The first-order chi connectivity index (χ1) is 8.90. The SMILES string of the molecule is Cc1ccc(NC(=O)C(=O)NCCC(C)O)cc1Cl. The zero-order valence-corrected chi connectivity index (χ0v) is 11.6. The van der Waals surface area contributed by atoms with Crippen molar-refractivity contribution in [2.24, 2.45) is 0 Å². The van der Waals surface area contributed by atoms with Crippen LogP contribution in [0.5, 0.6) is 0 Å². The van der Waals surface area contributed by atoms with E-state index in [9.17, 15) is 9.59 Å². The molecule has 6 heteroatoms. The number of rotatable bonds is 4. The van der Waals surface area contributed by atoms with Gasteiger partial charge in [-0.15, -0.1) is 0 Å². The van der Waals surface area contributed by atoms with Gasteiger partial charge in [0, 0.05) is 17.3 Å². The van der Waals surface area contributed by atoms with E-state index in [-0.39, 0.29) is 6.54 Å². The van der Waals surface area contributed by atoms with Gasteiger partial charge in [0.25, 0.3) is 0 Å². The number of amides is 2. The molecule has 0 fully saturated rings. The molecule has 1 unspecified atom stereocenters. The molecule has 3 N–H and O–H groups in total. The van der Waals surface area contributed by atoms with Gasteiger partial charge in [0.05, 0.1) is 6.10 Å². The number of anilines is 1. The van der Waals surface area contributed by atoms with Gasteiger partial charge in [-0.25, -0.2) is 0 Å². The van der Waals surface area contributed by atoms with Crippen LogP contribution >= 0.6 is 11.6 Å². The fraction of sp³-hybridized carbons (Fsp3) is 0.385. The van der Waals surface area contributed by atoms with Crippen molar-refractivity contribution in [2.75, 3.05) is 11.9 Å². The number of hydrogen-bond donors (Lipinski definition) is 3. The van der Waals surface area contributed by atoms with E-state index in [1.54, 1.807) is 25.1 Å². The Labute approximate surface area is 117 Å². The minimum atomic E-state index is -0.759. The third-order valence-electron chi connectivity index (χ3n) is 2.48. The fourth-order valence-electron chi connectivity index (χ4n) is 1.33. The van der Waals surface area contributed by atoms with Crippen LogP contribution in [-0.2, 0) is 9.59 Å². The summed E-state index contributed by atoms with van der Waals surface area (Å²) in [5.41, 5.74) is 1.35. The lowest BCUT2D eigenvalue weighted by atomic mass is 10.2. The van der Waals surface area contributed by atoms with Crippen molar-refractivity contribution in [2.45, 2.75) is 26.4 Å². The van der Waals surface area contributed by atoms with Crippen molar-refractivity contribution in [3.63, 3.8) is 0 Å². The van der Waals surface area contributed by atoms with Crippen LogP contribution in [0.3, 0.4) is 0 Å². The molecule has 0 bridgehead atoms. The number of aliphatic hydroxyl groups is 1. The largest absolute Gasteiger partial charge is 0.393 e. The number of halogens is 1. The summed E-state index contributed by atoms with van der Waals surface area (Å²) in [6.07, 6.45) is -0.116. The lowest BCUT2D eigenvalue weighted by Crippen LogP contribution is -2.36. The van der Waals surface area contributed by atoms with Crippen LogP contribution in [0.1, 0.15) is 18.9 Å². The van der Waals surface area contributed by atoms with Crippen molar-refractivity contribution < 1.29 is 14.7 Å². The van der Waals surface area contributed by atoms with Gasteiger partial charge >= 0.3 is 11.8 Å². The van der Waals surface area contributed by atoms with E-state index in [2.05, 4.69) is 10.6 Å². The Balaban J connectivity index is 2.49. The highest BCUT2D eigenvalue weighted by molar-refractivity contribution is 6.39. The average molecular weight is 285 g/mol. The molecule has 1 rings (SSSR count). The first-order valence-corrected chi connectivity index (χ1v) is 6.31. The Morgan fingerprint density at radius 1 is 1.37 bits per heavy atom. The molecule has 0 saturated heterocycles. The van der Waals surface area contributed by atoms with E-state index in [1.807, 2.05) is 6.92 Å². The molecule has 0 aromatic heterocycles. The van der Waals surface area contributed by atoms with E-state index >= 15 is 0 Å². The summed E-state index contributed by atoms with van der Waals surface area (Å²) >= 11 is 5.92. The van der Waals surface area contributed by atoms with E-state index in [1.165, 1.54) is 0 Å². The van der Waals surface area contributed by atoms with Gasteiger partial charge < -0.3 is 15.7 Å². The number of carbonyl (C=O) groups is 2. The number of aryl methyl sites for hydroxylation is 1. The van der Waals surface area contributed by atoms with Crippen LogP contribution in [0.25, 0.3) is 0 Å². The second-order valence-corrected chi connectivity index (χ2v) is 4.72. The van der Waals surface area contributed by atoms with E-state index in [0.717, 1.165) is 5.56 Å². The Morgan fingerprint density at radius 3 is 2.63 bits per heavy atom. The number of hydrogen-bond acceptors (Lipinski definition) is 3. The quantitative estimate of drug-likeness (QED) is 0.733. The lowest BCUT2D eigenvalue weighted by molar-refractivity contribution is -0.136. The van der Waals surface area contributed by atoms with Gasteiger partial charge in [0.15, 0.2) is 0 Å². The molecule has 0 aliphatic heterocycles. The summed E-state index contributed by atoms with van der Waals surface area (Å²) in [6, 6.07) is 5.00. The van der Waals surface area contributed by atoms with Gasteiger partial charge in [0.1, 0.15) is 0 Å². The third kappa shape index (κ3) is 5.28. The third-order valence-corrected chi connectivity index (χ3v) is 2.89. The highest BCUT2D eigenvalue weighted by atomic mass is 35.5. The normalized spacial score (nSPS) is 11.8. The minimum Gasteiger partial charge on any atom is -0.393 e. The van der Waals surface area contributed by atoms with Crippen molar-refractivity contribution >= 4 is 29.1 Å². The predicted molar refractivity (Wildman–Crippen MR) is 74.1 cm³/mol. The zero-order chi connectivity index (χ0) is 14.4. The van der Waals surface area contributed by atoms with E-state index < -0.39 is 17.9 Å². The van der Waals surface area contributed by atoms with Crippen molar-refractivity contribution in [3.8, 4) is 0 Å². The van der Waals surface area contributed by atoms with E-state index in [4.69, 9.17) is 16.7 Å². The van der Waals surface area contributed by atoms with Crippen LogP contribution < -0.4 is 10.6 Å². The van der Waals surface area contributed by atoms with Gasteiger partial charge in [-0.1, -0.05) is 17.7 Å². The number of benzene rings is 1. The Kier molecular flexibility index (Phi) is 5.79. The molecule has 5 nitrogen and oxygen atoms in total. The molecule has 0 saturated carbocycles.